The maximum absolute atomic E-state index is 2.34. The minimum Gasteiger partial charge on any atom is -0.0885 e. The predicted octanol–water partition coefficient (Wildman–Crippen LogP) is 5.83. The summed E-state index contributed by atoms with van der Waals surface area (Å²) < 4.78 is 0. The third-order valence-electron chi connectivity index (χ3n) is 2.19. The summed E-state index contributed by atoms with van der Waals surface area (Å²) in [5.74, 6) is 0. The number of hydrogen-bond acceptors (Lipinski definition) is 0. The molecule has 92 valence electrons. The Morgan fingerprint density at radius 1 is 0.800 bits per heavy atom. The highest BCUT2D eigenvalue weighted by molar-refractivity contribution is 4.86. The minimum atomic E-state index is 0. The number of unbranched alkanes of at least 4 members (excludes halogenated alkanes) is 1. The molecule has 0 atom stereocenters. The average molecular weight is 212 g/mol. The minimum absolute atomic E-state index is 0. The standard InChI is InChI=1S/C14H28.CH4/c1-13(2,3)11-9-7-8-10-12-14(4,5)6;/h7,9H,8,10-12H2,1-6H3;1H4/b9-7+;. The second-order valence-electron chi connectivity index (χ2n) is 6.69. The van der Waals surface area contributed by atoms with Crippen LogP contribution in [-0.2, 0) is 0 Å². The third kappa shape index (κ3) is 16.4. The lowest BCUT2D eigenvalue weighted by Gasteiger charge is -2.17. The van der Waals surface area contributed by atoms with Crippen molar-refractivity contribution in [1.82, 2.24) is 0 Å². The fourth-order valence-electron chi connectivity index (χ4n) is 1.30. The van der Waals surface area contributed by atoms with Crippen LogP contribution in [0.4, 0.5) is 0 Å². The Hall–Kier alpha value is -0.260. The van der Waals surface area contributed by atoms with E-state index in [0.29, 0.717) is 10.8 Å². The van der Waals surface area contributed by atoms with Crippen LogP contribution in [0.5, 0.6) is 0 Å². The van der Waals surface area contributed by atoms with Crippen molar-refractivity contribution in [3.63, 3.8) is 0 Å². The van der Waals surface area contributed by atoms with Crippen molar-refractivity contribution >= 4 is 0 Å². The molecule has 0 spiro atoms. The van der Waals surface area contributed by atoms with Gasteiger partial charge in [0.15, 0.2) is 0 Å². The Bertz CT molecular complexity index is 161. The van der Waals surface area contributed by atoms with Gasteiger partial charge in [-0.25, -0.2) is 0 Å². The average Bonchev–Trinajstić information content (AvgIpc) is 1.92. The second kappa shape index (κ2) is 7.09. The van der Waals surface area contributed by atoms with E-state index in [1.165, 1.54) is 25.7 Å². The van der Waals surface area contributed by atoms with Gasteiger partial charge in [-0.15, -0.1) is 0 Å². The summed E-state index contributed by atoms with van der Waals surface area (Å²) in [5.41, 5.74) is 0.943. The molecular weight excluding hydrogens is 180 g/mol. The molecular formula is C15H32. The van der Waals surface area contributed by atoms with Crippen molar-refractivity contribution in [2.75, 3.05) is 0 Å². The van der Waals surface area contributed by atoms with Gasteiger partial charge in [-0.2, -0.15) is 0 Å². The fraction of sp³-hybridized carbons (Fsp3) is 0.867. The summed E-state index contributed by atoms with van der Waals surface area (Å²) in [4.78, 5) is 0. The number of rotatable bonds is 4. The summed E-state index contributed by atoms with van der Waals surface area (Å²) in [7, 11) is 0. The van der Waals surface area contributed by atoms with E-state index in [-0.39, 0.29) is 7.43 Å². The summed E-state index contributed by atoms with van der Waals surface area (Å²) in [6.07, 6.45) is 9.77. The topological polar surface area (TPSA) is 0 Å². The monoisotopic (exact) mass is 212 g/mol. The Balaban J connectivity index is 0. The van der Waals surface area contributed by atoms with E-state index in [1.54, 1.807) is 0 Å². The smallest absolute Gasteiger partial charge is 0.0302 e. The maximum atomic E-state index is 2.34. The molecule has 0 fully saturated rings. The maximum Gasteiger partial charge on any atom is -0.0302 e. The van der Waals surface area contributed by atoms with E-state index in [9.17, 15) is 0 Å². The Morgan fingerprint density at radius 3 is 1.73 bits per heavy atom. The van der Waals surface area contributed by atoms with Crippen LogP contribution >= 0.6 is 0 Å². The summed E-state index contributed by atoms with van der Waals surface area (Å²) in [5, 5.41) is 0. The molecule has 0 unspecified atom stereocenters. The van der Waals surface area contributed by atoms with Crippen LogP contribution in [0.25, 0.3) is 0 Å². The van der Waals surface area contributed by atoms with Crippen LogP contribution in [0.1, 0.15) is 74.7 Å². The molecule has 0 aromatic heterocycles. The predicted molar refractivity (Wildman–Crippen MR) is 73.2 cm³/mol. The summed E-state index contributed by atoms with van der Waals surface area (Å²) >= 11 is 0. The molecule has 0 nitrogen and oxygen atoms in total. The lowest BCUT2D eigenvalue weighted by molar-refractivity contribution is 0.366. The molecule has 0 saturated carbocycles. The lowest BCUT2D eigenvalue weighted by atomic mass is 9.89. The first-order valence-corrected chi connectivity index (χ1v) is 5.86. The van der Waals surface area contributed by atoms with E-state index < -0.39 is 0 Å². The molecule has 0 radical (unpaired) electrons. The molecule has 0 N–H and O–H groups in total. The number of hydrogen-bond donors (Lipinski definition) is 0. The van der Waals surface area contributed by atoms with Crippen molar-refractivity contribution in [3.05, 3.63) is 12.2 Å². The molecule has 0 aliphatic heterocycles. The van der Waals surface area contributed by atoms with Crippen LogP contribution < -0.4 is 0 Å². The fourth-order valence-corrected chi connectivity index (χ4v) is 1.30. The van der Waals surface area contributed by atoms with E-state index in [0.717, 1.165) is 0 Å². The quantitative estimate of drug-likeness (QED) is 0.406. The normalized spacial score (nSPS) is 12.9. The van der Waals surface area contributed by atoms with Gasteiger partial charge in [0.1, 0.15) is 0 Å². The van der Waals surface area contributed by atoms with Crippen molar-refractivity contribution in [2.24, 2.45) is 10.8 Å². The first-order chi connectivity index (χ1) is 6.21. The van der Waals surface area contributed by atoms with Gasteiger partial charge >= 0.3 is 0 Å². The molecule has 0 bridgehead atoms. The molecule has 15 heavy (non-hydrogen) atoms. The lowest BCUT2D eigenvalue weighted by Crippen LogP contribution is -2.03. The zero-order valence-corrected chi connectivity index (χ0v) is 11.0. The highest BCUT2D eigenvalue weighted by atomic mass is 14.1. The van der Waals surface area contributed by atoms with Gasteiger partial charge in [-0.1, -0.05) is 61.1 Å². The first-order valence-electron chi connectivity index (χ1n) is 5.86. The molecule has 0 aromatic rings. The van der Waals surface area contributed by atoms with Crippen LogP contribution in [0.15, 0.2) is 12.2 Å². The number of allylic oxidation sites excluding steroid dienone is 2. The molecule has 0 aromatic carbocycles. The van der Waals surface area contributed by atoms with Gasteiger partial charge in [0.05, 0.1) is 0 Å². The molecule has 0 heteroatoms. The van der Waals surface area contributed by atoms with Crippen molar-refractivity contribution in [1.29, 1.82) is 0 Å². The first kappa shape index (κ1) is 17.1. The Labute approximate surface area is 98.2 Å². The second-order valence-corrected chi connectivity index (χ2v) is 6.69. The molecule has 0 aliphatic rings. The molecule has 0 aliphatic carbocycles. The summed E-state index contributed by atoms with van der Waals surface area (Å²) in [6, 6.07) is 0. The van der Waals surface area contributed by atoms with Crippen LogP contribution in [0.3, 0.4) is 0 Å². The van der Waals surface area contributed by atoms with Crippen molar-refractivity contribution in [2.45, 2.75) is 74.7 Å². The SMILES string of the molecule is C.CC(C)(C)C/C=C/CCCC(C)(C)C. The molecule has 0 heterocycles. The highest BCUT2D eigenvalue weighted by Crippen LogP contribution is 2.22. The van der Waals surface area contributed by atoms with Gasteiger partial charge in [-0.3, -0.25) is 0 Å². The van der Waals surface area contributed by atoms with Gasteiger partial charge in [-0.05, 0) is 36.5 Å². The van der Waals surface area contributed by atoms with E-state index in [1.807, 2.05) is 0 Å². The Kier molecular flexibility index (Phi) is 8.10. The van der Waals surface area contributed by atoms with Gasteiger partial charge in [0.25, 0.3) is 0 Å². The van der Waals surface area contributed by atoms with E-state index in [4.69, 9.17) is 0 Å². The van der Waals surface area contributed by atoms with E-state index >= 15 is 0 Å². The zero-order valence-electron chi connectivity index (χ0n) is 11.0. The van der Waals surface area contributed by atoms with Gasteiger partial charge < -0.3 is 0 Å². The van der Waals surface area contributed by atoms with Gasteiger partial charge in [0.2, 0.25) is 0 Å². The Morgan fingerprint density at radius 2 is 1.33 bits per heavy atom. The molecule has 0 saturated heterocycles. The zero-order chi connectivity index (χ0) is 11.2. The van der Waals surface area contributed by atoms with Crippen LogP contribution in [-0.4, -0.2) is 0 Å². The molecule has 0 rings (SSSR count). The largest absolute Gasteiger partial charge is 0.0885 e. The van der Waals surface area contributed by atoms with Crippen LogP contribution in [0.2, 0.25) is 0 Å². The molecule has 0 amide bonds. The summed E-state index contributed by atoms with van der Waals surface area (Å²) in [6.45, 7) is 13.8. The van der Waals surface area contributed by atoms with E-state index in [2.05, 4.69) is 53.7 Å². The van der Waals surface area contributed by atoms with Crippen molar-refractivity contribution in [3.8, 4) is 0 Å². The van der Waals surface area contributed by atoms with Gasteiger partial charge in [0, 0.05) is 0 Å². The highest BCUT2D eigenvalue weighted by Gasteiger charge is 2.08. The van der Waals surface area contributed by atoms with Crippen molar-refractivity contribution < 1.29 is 0 Å². The van der Waals surface area contributed by atoms with Crippen LogP contribution in [0, 0.1) is 10.8 Å². The third-order valence-corrected chi connectivity index (χ3v) is 2.19.